The summed E-state index contributed by atoms with van der Waals surface area (Å²) in [4.78, 5) is 0. The minimum atomic E-state index is -1.33. The van der Waals surface area contributed by atoms with Crippen molar-refractivity contribution in [2.24, 2.45) is 5.92 Å². The Morgan fingerprint density at radius 2 is 1.82 bits per heavy atom. The number of hydrogen-bond acceptors (Lipinski definition) is 1. The fourth-order valence-corrected chi connectivity index (χ4v) is 2.57. The van der Waals surface area contributed by atoms with Crippen LogP contribution in [0.5, 0.6) is 0 Å². The van der Waals surface area contributed by atoms with Gasteiger partial charge in [-0.2, -0.15) is 0 Å². The maximum Gasteiger partial charge on any atom is 0.135 e. The Bertz CT molecular complexity index is 420. The molecular weight excluding hydrogens is 222 g/mol. The minimum absolute atomic E-state index is 0.135. The fraction of sp³-hybridized carbons (Fsp3) is 0.571. The third-order valence-electron chi connectivity index (χ3n) is 3.85. The van der Waals surface area contributed by atoms with Gasteiger partial charge in [0, 0.05) is 0 Å². The van der Waals surface area contributed by atoms with Gasteiger partial charge in [-0.25, -0.2) is 8.78 Å². The maximum absolute atomic E-state index is 14.0. The second-order valence-corrected chi connectivity index (χ2v) is 5.27. The van der Waals surface area contributed by atoms with Crippen LogP contribution in [-0.2, 0) is 5.60 Å². The molecular formula is C14H18F2O. The first kappa shape index (κ1) is 12.5. The molecule has 3 heteroatoms. The second kappa shape index (κ2) is 4.37. The summed E-state index contributed by atoms with van der Waals surface area (Å²) in [5.74, 6) is -0.710. The van der Waals surface area contributed by atoms with Gasteiger partial charge in [0.2, 0.25) is 0 Å². The Balaban J connectivity index is 2.43. The molecule has 1 nitrogen and oxygen atoms in total. The highest BCUT2D eigenvalue weighted by atomic mass is 19.1. The molecule has 0 saturated heterocycles. The Hall–Kier alpha value is -0.960. The highest BCUT2D eigenvalue weighted by Gasteiger charge is 2.38. The zero-order valence-corrected chi connectivity index (χ0v) is 10.3. The van der Waals surface area contributed by atoms with Crippen LogP contribution in [0.25, 0.3) is 0 Å². The smallest absolute Gasteiger partial charge is 0.135 e. The van der Waals surface area contributed by atoms with E-state index >= 15 is 0 Å². The first-order valence-corrected chi connectivity index (χ1v) is 6.11. The molecule has 17 heavy (non-hydrogen) atoms. The fourth-order valence-electron chi connectivity index (χ4n) is 2.57. The van der Waals surface area contributed by atoms with Crippen LogP contribution >= 0.6 is 0 Å². The van der Waals surface area contributed by atoms with Gasteiger partial charge in [0.25, 0.3) is 0 Å². The lowest BCUT2D eigenvalue weighted by Crippen LogP contribution is -2.33. The molecule has 0 spiro atoms. The number of aryl methyl sites for hydroxylation is 1. The van der Waals surface area contributed by atoms with Gasteiger partial charge >= 0.3 is 0 Å². The molecule has 0 amide bonds. The molecule has 1 N–H and O–H groups in total. The van der Waals surface area contributed by atoms with Gasteiger partial charge in [-0.3, -0.25) is 0 Å². The monoisotopic (exact) mass is 240 g/mol. The molecule has 1 aliphatic rings. The number of halogens is 2. The van der Waals surface area contributed by atoms with E-state index in [1.54, 1.807) is 6.92 Å². The number of aliphatic hydroxyl groups is 1. The van der Waals surface area contributed by atoms with Crippen LogP contribution in [0.3, 0.4) is 0 Å². The van der Waals surface area contributed by atoms with Crippen LogP contribution < -0.4 is 0 Å². The molecule has 0 aromatic heterocycles. The van der Waals surface area contributed by atoms with E-state index < -0.39 is 17.2 Å². The molecule has 1 aromatic rings. The van der Waals surface area contributed by atoms with Crippen LogP contribution in [0.15, 0.2) is 12.1 Å². The third kappa shape index (κ3) is 2.21. The second-order valence-electron chi connectivity index (χ2n) is 5.27. The van der Waals surface area contributed by atoms with E-state index in [-0.39, 0.29) is 5.56 Å². The van der Waals surface area contributed by atoms with Crippen molar-refractivity contribution >= 4 is 0 Å². The Morgan fingerprint density at radius 1 is 1.24 bits per heavy atom. The van der Waals surface area contributed by atoms with Crippen LogP contribution in [0.4, 0.5) is 8.78 Å². The lowest BCUT2D eigenvalue weighted by Gasteiger charge is -2.35. The van der Waals surface area contributed by atoms with Crippen LogP contribution in [0.1, 0.15) is 43.7 Å². The Labute approximate surface area is 100 Å². The highest BCUT2D eigenvalue weighted by molar-refractivity contribution is 5.31. The Morgan fingerprint density at radius 3 is 2.41 bits per heavy atom. The first-order valence-electron chi connectivity index (χ1n) is 6.11. The van der Waals surface area contributed by atoms with Gasteiger partial charge in [-0.15, -0.1) is 0 Å². The zero-order chi connectivity index (χ0) is 12.6. The molecule has 0 heterocycles. The van der Waals surface area contributed by atoms with Crippen molar-refractivity contribution in [3.8, 4) is 0 Å². The average molecular weight is 240 g/mol. The van der Waals surface area contributed by atoms with Crippen molar-refractivity contribution < 1.29 is 13.9 Å². The molecule has 2 rings (SSSR count). The zero-order valence-electron chi connectivity index (χ0n) is 10.3. The number of hydrogen-bond donors (Lipinski definition) is 1. The predicted octanol–water partition coefficient (Wildman–Crippen LogP) is 3.67. The van der Waals surface area contributed by atoms with E-state index in [1.807, 2.05) is 0 Å². The van der Waals surface area contributed by atoms with Crippen molar-refractivity contribution in [3.05, 3.63) is 34.9 Å². The van der Waals surface area contributed by atoms with Crippen LogP contribution in [0, 0.1) is 24.5 Å². The average Bonchev–Trinajstić information content (AvgIpc) is 2.29. The summed E-state index contributed by atoms with van der Waals surface area (Å²) in [7, 11) is 0. The van der Waals surface area contributed by atoms with Crippen LogP contribution in [-0.4, -0.2) is 5.11 Å². The first-order chi connectivity index (χ1) is 7.94. The van der Waals surface area contributed by atoms with Gasteiger partial charge < -0.3 is 5.11 Å². The predicted molar refractivity (Wildman–Crippen MR) is 62.6 cm³/mol. The molecule has 1 aliphatic carbocycles. The van der Waals surface area contributed by atoms with E-state index in [0.717, 1.165) is 12.8 Å². The molecule has 0 unspecified atom stereocenters. The van der Waals surface area contributed by atoms with Gasteiger partial charge in [0.05, 0.1) is 11.2 Å². The van der Waals surface area contributed by atoms with Crippen molar-refractivity contribution in [2.75, 3.05) is 0 Å². The van der Waals surface area contributed by atoms with Crippen LogP contribution in [0.2, 0.25) is 0 Å². The highest BCUT2D eigenvalue weighted by Crippen LogP contribution is 2.41. The standard InChI is InChI=1S/C14H18F2O/c1-9-5-7-14(17,8-6-9)12-11(15)4-3-10(2)13(12)16/h3-4,9,17H,5-8H2,1-2H3. The lowest BCUT2D eigenvalue weighted by molar-refractivity contribution is -0.0181. The molecule has 0 bridgehead atoms. The summed E-state index contributed by atoms with van der Waals surface area (Å²) in [6.45, 7) is 3.69. The van der Waals surface area contributed by atoms with Gasteiger partial charge in [0.15, 0.2) is 0 Å². The summed E-state index contributed by atoms with van der Waals surface area (Å²) in [6, 6.07) is 2.65. The van der Waals surface area contributed by atoms with Crippen molar-refractivity contribution in [3.63, 3.8) is 0 Å². The van der Waals surface area contributed by atoms with E-state index in [2.05, 4.69) is 6.92 Å². The van der Waals surface area contributed by atoms with E-state index in [4.69, 9.17) is 0 Å². The normalized spacial score (nSPS) is 29.4. The number of rotatable bonds is 1. The van der Waals surface area contributed by atoms with Gasteiger partial charge in [-0.1, -0.05) is 13.0 Å². The molecule has 1 saturated carbocycles. The molecule has 1 aromatic carbocycles. The molecule has 0 aliphatic heterocycles. The summed E-state index contributed by atoms with van der Waals surface area (Å²) in [5, 5.41) is 10.5. The summed E-state index contributed by atoms with van der Waals surface area (Å²) >= 11 is 0. The third-order valence-corrected chi connectivity index (χ3v) is 3.85. The molecule has 0 atom stereocenters. The largest absolute Gasteiger partial charge is 0.385 e. The maximum atomic E-state index is 14.0. The van der Waals surface area contributed by atoms with Crippen molar-refractivity contribution in [1.82, 2.24) is 0 Å². The molecule has 94 valence electrons. The van der Waals surface area contributed by atoms with E-state index in [0.29, 0.717) is 24.3 Å². The topological polar surface area (TPSA) is 20.2 Å². The Kier molecular flexibility index (Phi) is 3.21. The van der Waals surface area contributed by atoms with Gasteiger partial charge in [0.1, 0.15) is 11.6 Å². The quantitative estimate of drug-likeness (QED) is 0.794. The summed E-state index contributed by atoms with van der Waals surface area (Å²) in [5.41, 5.74) is -1.08. The lowest BCUT2D eigenvalue weighted by atomic mass is 9.75. The van der Waals surface area contributed by atoms with Gasteiger partial charge in [-0.05, 0) is 50.2 Å². The number of benzene rings is 1. The molecule has 0 radical (unpaired) electrons. The minimum Gasteiger partial charge on any atom is -0.385 e. The summed E-state index contributed by atoms with van der Waals surface area (Å²) < 4.78 is 27.7. The van der Waals surface area contributed by atoms with Crippen molar-refractivity contribution in [2.45, 2.75) is 45.1 Å². The molecule has 1 fully saturated rings. The van der Waals surface area contributed by atoms with E-state index in [1.165, 1.54) is 12.1 Å². The van der Waals surface area contributed by atoms with Crippen molar-refractivity contribution in [1.29, 1.82) is 0 Å². The SMILES string of the molecule is Cc1ccc(F)c(C2(O)CCC(C)CC2)c1F. The summed E-state index contributed by atoms with van der Waals surface area (Å²) in [6.07, 6.45) is 2.49. The van der Waals surface area contributed by atoms with E-state index in [9.17, 15) is 13.9 Å².